The van der Waals surface area contributed by atoms with E-state index in [9.17, 15) is 4.79 Å². The summed E-state index contributed by atoms with van der Waals surface area (Å²) in [4.78, 5) is 16.8. The lowest BCUT2D eigenvalue weighted by Gasteiger charge is -2.28. The van der Waals surface area contributed by atoms with Crippen molar-refractivity contribution in [2.24, 2.45) is 0 Å². The molecule has 2 aromatic heterocycles. The second-order valence-electron chi connectivity index (χ2n) is 7.00. The van der Waals surface area contributed by atoms with Gasteiger partial charge in [0, 0.05) is 29.9 Å². The normalized spacial score (nSPS) is 15.1. The van der Waals surface area contributed by atoms with Crippen LogP contribution in [0.5, 0.6) is 5.75 Å². The van der Waals surface area contributed by atoms with E-state index in [1.807, 2.05) is 36.4 Å². The highest BCUT2D eigenvalue weighted by atomic mass is 16.5. The zero-order valence-corrected chi connectivity index (χ0v) is 16.1. The van der Waals surface area contributed by atoms with Crippen LogP contribution in [-0.4, -0.2) is 32.3 Å². The topological polar surface area (TPSA) is 81.9 Å². The predicted molar refractivity (Wildman–Crippen MR) is 111 cm³/mol. The van der Waals surface area contributed by atoms with E-state index in [-0.39, 0.29) is 17.6 Å². The van der Waals surface area contributed by atoms with Crippen molar-refractivity contribution < 1.29 is 9.53 Å². The largest absolute Gasteiger partial charge is 0.492 e. The Bertz CT molecular complexity index is 1160. The summed E-state index contributed by atoms with van der Waals surface area (Å²) in [6.07, 6.45) is 5.76. The molecule has 30 heavy (non-hydrogen) atoms. The Hall–Kier alpha value is -4.00. The van der Waals surface area contributed by atoms with Crippen molar-refractivity contribution in [1.29, 1.82) is 0 Å². The number of hydrogen-bond donors (Lipinski definition) is 1. The number of nitrogens with one attached hydrogen (secondary N) is 1. The summed E-state index contributed by atoms with van der Waals surface area (Å²) in [5, 5.41) is 11.3. The minimum atomic E-state index is -0.261. The quantitative estimate of drug-likeness (QED) is 0.569. The fraction of sp³-hybridized carbons (Fsp3) is 0.130. The van der Waals surface area contributed by atoms with Crippen LogP contribution in [0.15, 0.2) is 79.4 Å². The van der Waals surface area contributed by atoms with Crippen molar-refractivity contribution in [3.05, 3.63) is 90.6 Å². The Kier molecular flexibility index (Phi) is 4.69. The second-order valence-corrected chi connectivity index (χ2v) is 7.00. The first-order chi connectivity index (χ1) is 14.8. The van der Waals surface area contributed by atoms with Crippen LogP contribution in [0.1, 0.15) is 28.5 Å². The van der Waals surface area contributed by atoms with E-state index in [1.54, 1.807) is 35.4 Å². The minimum Gasteiger partial charge on any atom is -0.492 e. The minimum absolute atomic E-state index is 0.153. The van der Waals surface area contributed by atoms with Crippen molar-refractivity contribution >= 4 is 5.91 Å². The number of rotatable bonds is 4. The standard InChI is InChI=1S/C23H19N5O2/c29-23(20-9-10-21(27-26-20)28-13-12-24-15-28)25-19-11-14-30-22-17(7-4-8-18(19)22)16-5-2-1-3-6-16/h1-10,12-13,15,19H,11,14H2,(H,25,29). The fourth-order valence-corrected chi connectivity index (χ4v) is 3.63. The highest BCUT2D eigenvalue weighted by Gasteiger charge is 2.26. The van der Waals surface area contributed by atoms with E-state index in [1.165, 1.54) is 0 Å². The fourth-order valence-electron chi connectivity index (χ4n) is 3.63. The summed E-state index contributed by atoms with van der Waals surface area (Å²) in [5.74, 6) is 1.16. The molecule has 0 aliphatic carbocycles. The Morgan fingerprint density at radius 2 is 1.93 bits per heavy atom. The monoisotopic (exact) mass is 397 g/mol. The average Bonchev–Trinajstić information content (AvgIpc) is 3.35. The zero-order chi connectivity index (χ0) is 20.3. The molecule has 2 aromatic carbocycles. The maximum Gasteiger partial charge on any atom is 0.272 e. The van der Waals surface area contributed by atoms with E-state index in [4.69, 9.17) is 4.74 Å². The van der Waals surface area contributed by atoms with Crippen LogP contribution in [0.4, 0.5) is 0 Å². The number of carbonyl (C=O) groups excluding carboxylic acids is 1. The molecular formula is C23H19N5O2. The summed E-state index contributed by atoms with van der Waals surface area (Å²) in [5.41, 5.74) is 3.35. The zero-order valence-electron chi connectivity index (χ0n) is 16.1. The lowest BCUT2D eigenvalue weighted by atomic mass is 9.94. The van der Waals surface area contributed by atoms with Crippen LogP contribution in [0.25, 0.3) is 16.9 Å². The number of nitrogens with zero attached hydrogens (tertiary/aromatic N) is 4. The van der Waals surface area contributed by atoms with Gasteiger partial charge in [-0.2, -0.15) is 0 Å². The lowest BCUT2D eigenvalue weighted by molar-refractivity contribution is 0.0918. The van der Waals surface area contributed by atoms with Crippen LogP contribution < -0.4 is 10.1 Å². The van der Waals surface area contributed by atoms with E-state index < -0.39 is 0 Å². The molecule has 0 saturated carbocycles. The van der Waals surface area contributed by atoms with E-state index in [0.29, 0.717) is 18.8 Å². The number of para-hydroxylation sites is 1. The average molecular weight is 397 g/mol. The molecule has 1 aliphatic heterocycles. The molecule has 1 aliphatic rings. The second kappa shape index (κ2) is 7.79. The van der Waals surface area contributed by atoms with Gasteiger partial charge in [-0.25, -0.2) is 4.98 Å². The Balaban J connectivity index is 1.38. The van der Waals surface area contributed by atoms with Crippen LogP contribution >= 0.6 is 0 Å². The SMILES string of the molecule is O=C(NC1CCOc2c(-c3ccccc3)cccc21)c1ccc(-n2ccnc2)nn1. The van der Waals surface area contributed by atoms with E-state index in [2.05, 4.69) is 32.6 Å². The maximum atomic E-state index is 12.8. The molecule has 0 fully saturated rings. The number of aromatic nitrogens is 4. The van der Waals surface area contributed by atoms with Gasteiger partial charge < -0.3 is 10.1 Å². The summed E-state index contributed by atoms with van der Waals surface area (Å²) in [7, 11) is 0. The molecular weight excluding hydrogens is 378 g/mol. The van der Waals surface area contributed by atoms with Gasteiger partial charge in [-0.05, 0) is 17.7 Å². The predicted octanol–water partition coefficient (Wildman–Crippen LogP) is 3.58. The van der Waals surface area contributed by atoms with Crippen LogP contribution in [0, 0.1) is 0 Å². The molecule has 0 saturated heterocycles. The summed E-state index contributed by atoms with van der Waals surface area (Å²) < 4.78 is 7.73. The molecule has 0 bridgehead atoms. The van der Waals surface area contributed by atoms with Gasteiger partial charge in [0.1, 0.15) is 12.1 Å². The smallest absolute Gasteiger partial charge is 0.272 e. The number of amides is 1. The highest BCUT2D eigenvalue weighted by molar-refractivity contribution is 5.92. The van der Waals surface area contributed by atoms with Gasteiger partial charge >= 0.3 is 0 Å². The molecule has 148 valence electrons. The molecule has 0 spiro atoms. The van der Waals surface area contributed by atoms with Crippen LogP contribution in [-0.2, 0) is 0 Å². The van der Waals surface area contributed by atoms with Gasteiger partial charge in [0.25, 0.3) is 5.91 Å². The molecule has 1 unspecified atom stereocenters. The van der Waals surface area contributed by atoms with Crippen molar-refractivity contribution in [2.45, 2.75) is 12.5 Å². The summed E-state index contributed by atoms with van der Waals surface area (Å²) in [6, 6.07) is 19.4. The van der Waals surface area contributed by atoms with Gasteiger partial charge in [0.05, 0.1) is 12.6 Å². The molecule has 4 aromatic rings. The Morgan fingerprint density at radius 1 is 1.03 bits per heavy atom. The van der Waals surface area contributed by atoms with Crippen molar-refractivity contribution in [3.63, 3.8) is 0 Å². The summed E-state index contributed by atoms with van der Waals surface area (Å²) in [6.45, 7) is 0.535. The number of ether oxygens (including phenoxy) is 1. The lowest BCUT2D eigenvalue weighted by Crippen LogP contribution is -2.33. The van der Waals surface area contributed by atoms with Gasteiger partial charge in [-0.15, -0.1) is 10.2 Å². The first-order valence-corrected chi connectivity index (χ1v) is 9.73. The van der Waals surface area contributed by atoms with E-state index in [0.717, 1.165) is 22.4 Å². The molecule has 7 heteroatoms. The third-order valence-corrected chi connectivity index (χ3v) is 5.12. The third-order valence-electron chi connectivity index (χ3n) is 5.12. The Labute approximate surface area is 173 Å². The molecule has 7 nitrogen and oxygen atoms in total. The summed E-state index contributed by atoms with van der Waals surface area (Å²) >= 11 is 0. The molecule has 1 atom stereocenters. The van der Waals surface area contributed by atoms with Gasteiger partial charge in [0.2, 0.25) is 0 Å². The number of fused-ring (bicyclic) bond motifs is 1. The number of carbonyl (C=O) groups is 1. The molecule has 3 heterocycles. The van der Waals surface area contributed by atoms with Gasteiger partial charge in [-0.3, -0.25) is 9.36 Å². The number of hydrogen-bond acceptors (Lipinski definition) is 5. The van der Waals surface area contributed by atoms with Gasteiger partial charge in [0.15, 0.2) is 11.5 Å². The third kappa shape index (κ3) is 3.41. The maximum absolute atomic E-state index is 12.8. The van der Waals surface area contributed by atoms with E-state index >= 15 is 0 Å². The number of benzene rings is 2. The van der Waals surface area contributed by atoms with Crippen molar-refractivity contribution in [1.82, 2.24) is 25.1 Å². The van der Waals surface area contributed by atoms with Crippen molar-refractivity contribution in [3.8, 4) is 22.7 Å². The first-order valence-electron chi connectivity index (χ1n) is 9.73. The Morgan fingerprint density at radius 3 is 2.70 bits per heavy atom. The van der Waals surface area contributed by atoms with Crippen LogP contribution in [0.2, 0.25) is 0 Å². The highest BCUT2D eigenvalue weighted by Crippen LogP contribution is 2.40. The first kappa shape index (κ1) is 18.1. The van der Waals surface area contributed by atoms with Crippen molar-refractivity contribution in [2.75, 3.05) is 6.61 Å². The molecule has 1 amide bonds. The number of imidazole rings is 1. The molecule has 1 N–H and O–H groups in total. The molecule has 5 rings (SSSR count). The van der Waals surface area contributed by atoms with Crippen LogP contribution in [0.3, 0.4) is 0 Å². The molecule has 0 radical (unpaired) electrons. The van der Waals surface area contributed by atoms with Gasteiger partial charge in [-0.1, -0.05) is 48.5 Å².